The van der Waals surface area contributed by atoms with Crippen molar-refractivity contribution in [1.29, 1.82) is 0 Å². The number of carbonyl (C=O) groups excluding carboxylic acids is 2. The summed E-state index contributed by atoms with van der Waals surface area (Å²) in [6.45, 7) is 7.33. The van der Waals surface area contributed by atoms with Gasteiger partial charge in [-0.3, -0.25) is 14.5 Å². The molecule has 0 radical (unpaired) electrons. The third-order valence-corrected chi connectivity index (χ3v) is 6.37. The zero-order valence-corrected chi connectivity index (χ0v) is 16.8. The number of piperidine rings is 2. The van der Waals surface area contributed by atoms with Crippen LogP contribution in [0, 0.1) is 5.92 Å². The van der Waals surface area contributed by atoms with Gasteiger partial charge in [-0.1, -0.05) is 6.92 Å². The Morgan fingerprint density at radius 3 is 2.29 bits per heavy atom. The maximum atomic E-state index is 13.4. The Kier molecular flexibility index (Phi) is 5.90. The number of nitrogens with zero attached hydrogens (tertiary/aromatic N) is 5. The van der Waals surface area contributed by atoms with Gasteiger partial charge in [-0.2, -0.15) is 0 Å². The monoisotopic (exact) mass is 385 g/mol. The van der Waals surface area contributed by atoms with Gasteiger partial charge in [0.1, 0.15) is 0 Å². The highest BCUT2D eigenvalue weighted by Gasteiger charge is 2.37. The Labute approximate surface area is 167 Å². The zero-order chi connectivity index (χ0) is 19.5. The number of aromatic nitrogens is 2. The fourth-order valence-electron chi connectivity index (χ4n) is 4.95. The molecule has 152 valence electrons. The first-order valence-electron chi connectivity index (χ1n) is 10.8. The smallest absolute Gasteiger partial charge is 0.274 e. The van der Waals surface area contributed by atoms with E-state index in [1.807, 2.05) is 9.80 Å². The van der Waals surface area contributed by atoms with E-state index in [0.717, 1.165) is 71.4 Å². The van der Waals surface area contributed by atoms with E-state index < -0.39 is 0 Å². The molecule has 2 atom stereocenters. The molecule has 2 bridgehead atoms. The molecule has 0 unspecified atom stereocenters. The molecule has 28 heavy (non-hydrogen) atoms. The minimum absolute atomic E-state index is 0.135. The molecule has 2 amide bonds. The predicted octanol–water partition coefficient (Wildman–Crippen LogP) is 2.05. The number of amides is 2. The quantitative estimate of drug-likeness (QED) is 0.793. The molecule has 4 aliphatic heterocycles. The van der Waals surface area contributed by atoms with E-state index in [2.05, 4.69) is 21.8 Å². The Hall–Kier alpha value is -2.02. The molecule has 5 heterocycles. The van der Waals surface area contributed by atoms with Gasteiger partial charge < -0.3 is 9.80 Å². The summed E-state index contributed by atoms with van der Waals surface area (Å²) in [5.74, 6) is 0.220. The molecule has 0 spiro atoms. The van der Waals surface area contributed by atoms with E-state index >= 15 is 0 Å². The van der Waals surface area contributed by atoms with Crippen LogP contribution in [0.15, 0.2) is 12.4 Å². The average Bonchev–Trinajstić information content (AvgIpc) is 3.05. The minimum atomic E-state index is -0.151. The second-order valence-corrected chi connectivity index (χ2v) is 8.41. The van der Waals surface area contributed by atoms with Crippen molar-refractivity contribution in [3.63, 3.8) is 0 Å². The number of carbonyl (C=O) groups is 2. The Morgan fingerprint density at radius 1 is 0.929 bits per heavy atom. The summed E-state index contributed by atoms with van der Waals surface area (Å²) in [4.78, 5) is 41.3. The van der Waals surface area contributed by atoms with E-state index in [4.69, 9.17) is 0 Å². The van der Waals surface area contributed by atoms with Gasteiger partial charge in [0.25, 0.3) is 11.8 Å². The summed E-state index contributed by atoms with van der Waals surface area (Å²) >= 11 is 0. The van der Waals surface area contributed by atoms with Gasteiger partial charge in [0.15, 0.2) is 11.4 Å². The van der Waals surface area contributed by atoms with Crippen molar-refractivity contribution >= 4 is 11.8 Å². The number of rotatable bonds is 4. The van der Waals surface area contributed by atoms with Gasteiger partial charge >= 0.3 is 0 Å². The number of likely N-dealkylation sites (tertiary alicyclic amines) is 1. The average molecular weight is 386 g/mol. The van der Waals surface area contributed by atoms with Crippen LogP contribution in [0.4, 0.5) is 0 Å². The van der Waals surface area contributed by atoms with Crippen LogP contribution in [0.3, 0.4) is 0 Å². The standard InChI is InChI=1S/C21H31N5O2/c1-2-10-25-13-16-6-7-17(25)15-26(14-16)21(28)19-18(22-8-9-23-19)20(27)24-11-4-3-5-12-24/h8-9,16-17H,2-7,10-15H2,1H3/t16-,17-/m1/s1. The predicted molar refractivity (Wildman–Crippen MR) is 106 cm³/mol. The molecule has 7 heteroatoms. The molecule has 4 aliphatic rings. The van der Waals surface area contributed by atoms with Gasteiger partial charge in [-0.15, -0.1) is 0 Å². The van der Waals surface area contributed by atoms with Crippen molar-refractivity contribution in [2.24, 2.45) is 5.92 Å². The first-order chi connectivity index (χ1) is 13.7. The summed E-state index contributed by atoms with van der Waals surface area (Å²) in [7, 11) is 0. The lowest BCUT2D eigenvalue weighted by molar-refractivity contribution is 0.0682. The molecule has 0 aromatic carbocycles. The first kappa shape index (κ1) is 19.3. The second kappa shape index (κ2) is 8.55. The van der Waals surface area contributed by atoms with Crippen molar-refractivity contribution < 1.29 is 9.59 Å². The van der Waals surface area contributed by atoms with Gasteiger partial charge in [-0.25, -0.2) is 9.97 Å². The van der Waals surface area contributed by atoms with Crippen LogP contribution in [0.2, 0.25) is 0 Å². The number of fused-ring (bicyclic) bond motifs is 4. The second-order valence-electron chi connectivity index (χ2n) is 8.41. The van der Waals surface area contributed by atoms with Crippen molar-refractivity contribution in [2.75, 3.05) is 39.3 Å². The van der Waals surface area contributed by atoms with Crippen LogP contribution in [0.1, 0.15) is 66.4 Å². The molecule has 1 aromatic rings. The summed E-state index contributed by atoms with van der Waals surface area (Å²) in [6, 6.07) is 0.417. The number of hydrogen-bond acceptors (Lipinski definition) is 5. The molecule has 0 saturated carbocycles. The lowest BCUT2D eigenvalue weighted by atomic mass is 9.95. The van der Waals surface area contributed by atoms with Crippen molar-refractivity contribution in [3.8, 4) is 0 Å². The fraction of sp³-hybridized carbons (Fsp3) is 0.714. The van der Waals surface area contributed by atoms with Crippen molar-refractivity contribution in [1.82, 2.24) is 24.7 Å². The minimum Gasteiger partial charge on any atom is -0.337 e. The molecule has 0 N–H and O–H groups in total. The van der Waals surface area contributed by atoms with E-state index in [9.17, 15) is 9.59 Å². The Bertz CT molecular complexity index is 719. The molecular weight excluding hydrogens is 354 g/mol. The lowest BCUT2D eigenvalue weighted by Gasteiger charge is -2.35. The van der Waals surface area contributed by atoms with Crippen LogP contribution in [0.5, 0.6) is 0 Å². The van der Waals surface area contributed by atoms with Crippen molar-refractivity contribution in [3.05, 3.63) is 23.8 Å². The van der Waals surface area contributed by atoms with E-state index in [1.54, 1.807) is 0 Å². The zero-order valence-electron chi connectivity index (χ0n) is 16.8. The highest BCUT2D eigenvalue weighted by atomic mass is 16.2. The highest BCUT2D eigenvalue weighted by Crippen LogP contribution is 2.29. The summed E-state index contributed by atoms with van der Waals surface area (Å²) in [5.41, 5.74) is 0.442. The topological polar surface area (TPSA) is 69.6 Å². The summed E-state index contributed by atoms with van der Waals surface area (Å²) in [6.07, 6.45) is 9.68. The Balaban J connectivity index is 1.54. The first-order valence-corrected chi connectivity index (χ1v) is 10.8. The van der Waals surface area contributed by atoms with Gasteiger partial charge in [0, 0.05) is 51.2 Å². The van der Waals surface area contributed by atoms with Crippen LogP contribution in [0.25, 0.3) is 0 Å². The fourth-order valence-corrected chi connectivity index (χ4v) is 4.95. The van der Waals surface area contributed by atoms with E-state index in [-0.39, 0.29) is 23.2 Å². The SMILES string of the molecule is CCCN1C[C@H]2CC[C@@H]1CN(C(=O)c1nccnc1C(=O)N1CCCCC1)C2. The lowest BCUT2D eigenvalue weighted by Crippen LogP contribution is -2.45. The van der Waals surface area contributed by atoms with Crippen LogP contribution >= 0.6 is 0 Å². The van der Waals surface area contributed by atoms with Crippen molar-refractivity contribution in [2.45, 2.75) is 51.5 Å². The molecule has 1 aromatic heterocycles. The van der Waals surface area contributed by atoms with Gasteiger partial charge in [0.2, 0.25) is 0 Å². The van der Waals surface area contributed by atoms with Crippen LogP contribution in [-0.4, -0.2) is 81.8 Å². The molecule has 4 fully saturated rings. The normalized spacial score (nSPS) is 25.6. The van der Waals surface area contributed by atoms with Crippen LogP contribution in [-0.2, 0) is 0 Å². The highest BCUT2D eigenvalue weighted by molar-refractivity contribution is 6.04. The number of hydrogen-bond donors (Lipinski definition) is 0. The molecule has 0 aliphatic carbocycles. The third kappa shape index (κ3) is 3.90. The third-order valence-electron chi connectivity index (χ3n) is 6.37. The molecular formula is C21H31N5O2. The molecule has 4 saturated heterocycles. The maximum Gasteiger partial charge on any atom is 0.274 e. The summed E-state index contributed by atoms with van der Waals surface area (Å²) in [5, 5.41) is 0. The van der Waals surface area contributed by atoms with Crippen LogP contribution < -0.4 is 0 Å². The van der Waals surface area contributed by atoms with Gasteiger partial charge in [0.05, 0.1) is 0 Å². The largest absolute Gasteiger partial charge is 0.337 e. The van der Waals surface area contributed by atoms with E-state index in [0.29, 0.717) is 12.0 Å². The summed E-state index contributed by atoms with van der Waals surface area (Å²) < 4.78 is 0. The maximum absolute atomic E-state index is 13.4. The van der Waals surface area contributed by atoms with E-state index in [1.165, 1.54) is 18.8 Å². The molecule has 5 rings (SSSR count). The Morgan fingerprint density at radius 2 is 1.61 bits per heavy atom. The van der Waals surface area contributed by atoms with Gasteiger partial charge in [-0.05, 0) is 51.0 Å². The molecule has 7 nitrogen and oxygen atoms in total.